The third-order valence-corrected chi connectivity index (χ3v) is 2.75. The van der Waals surface area contributed by atoms with E-state index in [4.69, 9.17) is 5.53 Å². The molecule has 0 bridgehead atoms. The highest BCUT2D eigenvalue weighted by atomic mass is 15.1. The van der Waals surface area contributed by atoms with Crippen molar-refractivity contribution in [1.82, 2.24) is 0 Å². The van der Waals surface area contributed by atoms with Gasteiger partial charge in [-0.25, -0.2) is 0 Å². The summed E-state index contributed by atoms with van der Waals surface area (Å²) >= 11 is 0. The lowest BCUT2D eigenvalue weighted by Gasteiger charge is -2.07. The summed E-state index contributed by atoms with van der Waals surface area (Å²) in [5, 5.41) is 3.83. The highest BCUT2D eigenvalue weighted by molar-refractivity contribution is 5.89. The van der Waals surface area contributed by atoms with Crippen molar-refractivity contribution in [1.29, 1.82) is 0 Å². The van der Waals surface area contributed by atoms with Crippen LogP contribution in [-0.4, -0.2) is 0 Å². The number of allylic oxidation sites excluding steroid dienone is 1. The van der Waals surface area contributed by atoms with E-state index in [0.717, 1.165) is 16.7 Å². The van der Waals surface area contributed by atoms with E-state index < -0.39 is 0 Å². The zero-order valence-electron chi connectivity index (χ0n) is 10.1. The Morgan fingerprint density at radius 3 is 1.89 bits per heavy atom. The number of benzene rings is 2. The fourth-order valence-corrected chi connectivity index (χ4v) is 1.81. The molecular formula is C15H13N3. The van der Waals surface area contributed by atoms with Crippen LogP contribution < -0.4 is 0 Å². The van der Waals surface area contributed by atoms with Gasteiger partial charge in [-0.2, -0.15) is 0 Å². The van der Waals surface area contributed by atoms with Gasteiger partial charge in [0, 0.05) is 10.6 Å². The van der Waals surface area contributed by atoms with Gasteiger partial charge in [-0.15, -0.1) is 0 Å². The van der Waals surface area contributed by atoms with Crippen molar-refractivity contribution < 1.29 is 0 Å². The fourth-order valence-electron chi connectivity index (χ4n) is 1.81. The third kappa shape index (κ3) is 2.59. The largest absolute Gasteiger partial charge is 0.0622 e. The molecule has 0 spiro atoms. The van der Waals surface area contributed by atoms with Crippen LogP contribution in [0.2, 0.25) is 0 Å². The van der Waals surface area contributed by atoms with Gasteiger partial charge >= 0.3 is 0 Å². The summed E-state index contributed by atoms with van der Waals surface area (Å²) in [6.45, 7) is 1.96. The molecule has 0 N–H and O–H groups in total. The average molecular weight is 235 g/mol. The van der Waals surface area contributed by atoms with E-state index >= 15 is 0 Å². The van der Waals surface area contributed by atoms with Gasteiger partial charge in [-0.3, -0.25) is 0 Å². The van der Waals surface area contributed by atoms with E-state index in [9.17, 15) is 0 Å². The van der Waals surface area contributed by atoms with Crippen LogP contribution in [0.3, 0.4) is 0 Å². The lowest BCUT2D eigenvalue weighted by atomic mass is 10.0. The zero-order chi connectivity index (χ0) is 12.8. The molecule has 0 aromatic heterocycles. The molecule has 2 rings (SSSR count). The molecule has 0 aliphatic rings. The number of nitrogens with zero attached hydrogens (tertiary/aromatic N) is 3. The molecule has 0 unspecified atom stereocenters. The van der Waals surface area contributed by atoms with E-state index in [1.807, 2.05) is 67.6 Å². The first-order chi connectivity index (χ1) is 8.83. The number of azide groups is 1. The Balaban J connectivity index is 2.58. The Morgan fingerprint density at radius 2 is 1.39 bits per heavy atom. The van der Waals surface area contributed by atoms with E-state index in [2.05, 4.69) is 10.0 Å². The van der Waals surface area contributed by atoms with Crippen LogP contribution in [0.5, 0.6) is 0 Å². The van der Waals surface area contributed by atoms with Crippen LogP contribution in [0.4, 0.5) is 0 Å². The van der Waals surface area contributed by atoms with Gasteiger partial charge < -0.3 is 0 Å². The van der Waals surface area contributed by atoms with Crippen LogP contribution in [0.15, 0.2) is 65.8 Å². The predicted octanol–water partition coefficient (Wildman–Crippen LogP) is 4.89. The van der Waals surface area contributed by atoms with E-state index in [0.29, 0.717) is 5.70 Å². The number of rotatable bonds is 3. The van der Waals surface area contributed by atoms with Gasteiger partial charge in [0.25, 0.3) is 0 Å². The number of hydrogen-bond acceptors (Lipinski definition) is 1. The Labute approximate surface area is 106 Å². The molecule has 0 saturated heterocycles. The summed E-state index contributed by atoms with van der Waals surface area (Å²) in [5.41, 5.74) is 12.3. The summed E-state index contributed by atoms with van der Waals surface area (Å²) in [7, 11) is 0. The van der Waals surface area contributed by atoms with Gasteiger partial charge in [-0.1, -0.05) is 65.8 Å². The molecule has 0 heterocycles. The van der Waals surface area contributed by atoms with Gasteiger partial charge in [0.1, 0.15) is 0 Å². The molecule has 0 amide bonds. The first-order valence-corrected chi connectivity index (χ1v) is 5.69. The van der Waals surface area contributed by atoms with Crippen LogP contribution in [0, 0.1) is 0 Å². The first-order valence-electron chi connectivity index (χ1n) is 5.69. The topological polar surface area (TPSA) is 48.8 Å². The van der Waals surface area contributed by atoms with Crippen molar-refractivity contribution in [3.8, 4) is 0 Å². The normalized spacial score (nSPS) is 11.4. The summed E-state index contributed by atoms with van der Waals surface area (Å²) in [4.78, 5) is 2.93. The lowest BCUT2D eigenvalue weighted by Crippen LogP contribution is -1.86. The van der Waals surface area contributed by atoms with Gasteiger partial charge in [0.15, 0.2) is 0 Å². The van der Waals surface area contributed by atoms with E-state index in [-0.39, 0.29) is 0 Å². The highest BCUT2D eigenvalue weighted by Gasteiger charge is 2.05. The van der Waals surface area contributed by atoms with Crippen molar-refractivity contribution in [2.24, 2.45) is 5.11 Å². The second kappa shape index (κ2) is 5.71. The standard InChI is InChI=1S/C15H13N3/c1-12(13-8-4-2-5-9-13)15(17-18-16)14-10-6-3-7-11-14/h2-11H,1H3/b15-12-. The minimum Gasteiger partial charge on any atom is -0.0622 e. The summed E-state index contributed by atoms with van der Waals surface area (Å²) in [5.74, 6) is 0. The summed E-state index contributed by atoms with van der Waals surface area (Å²) < 4.78 is 0. The number of hydrogen-bond donors (Lipinski definition) is 0. The first kappa shape index (κ1) is 12.0. The van der Waals surface area contributed by atoms with Crippen LogP contribution in [0.1, 0.15) is 18.1 Å². The van der Waals surface area contributed by atoms with Crippen LogP contribution in [0.25, 0.3) is 21.7 Å². The molecule has 0 aliphatic carbocycles. The molecule has 18 heavy (non-hydrogen) atoms. The predicted molar refractivity (Wildman–Crippen MR) is 74.5 cm³/mol. The second-order valence-electron chi connectivity index (χ2n) is 3.90. The maximum atomic E-state index is 8.72. The van der Waals surface area contributed by atoms with Crippen molar-refractivity contribution >= 4 is 11.3 Å². The van der Waals surface area contributed by atoms with E-state index in [1.165, 1.54) is 0 Å². The van der Waals surface area contributed by atoms with E-state index in [1.54, 1.807) is 0 Å². The lowest BCUT2D eigenvalue weighted by molar-refractivity contribution is 1.44. The third-order valence-electron chi connectivity index (χ3n) is 2.75. The summed E-state index contributed by atoms with van der Waals surface area (Å²) in [6.07, 6.45) is 0. The quantitative estimate of drug-likeness (QED) is 0.315. The molecule has 0 fully saturated rings. The molecule has 0 atom stereocenters. The molecule has 88 valence electrons. The molecule has 3 nitrogen and oxygen atoms in total. The van der Waals surface area contributed by atoms with Gasteiger partial charge in [0.05, 0.1) is 0 Å². The fraction of sp³-hybridized carbons (Fsp3) is 0.0667. The average Bonchev–Trinajstić information content (AvgIpc) is 2.46. The minimum atomic E-state index is 0.671. The van der Waals surface area contributed by atoms with Crippen molar-refractivity contribution in [2.75, 3.05) is 0 Å². The maximum Gasteiger partial charge on any atom is 0.0482 e. The van der Waals surface area contributed by atoms with Crippen molar-refractivity contribution in [3.05, 3.63) is 82.2 Å². The molecular weight excluding hydrogens is 222 g/mol. The van der Waals surface area contributed by atoms with Gasteiger partial charge in [0.2, 0.25) is 0 Å². The second-order valence-corrected chi connectivity index (χ2v) is 3.90. The molecule has 2 aromatic rings. The smallest absolute Gasteiger partial charge is 0.0482 e. The van der Waals surface area contributed by atoms with Crippen molar-refractivity contribution in [2.45, 2.75) is 6.92 Å². The van der Waals surface area contributed by atoms with Crippen LogP contribution in [-0.2, 0) is 0 Å². The molecule has 2 aromatic carbocycles. The van der Waals surface area contributed by atoms with Gasteiger partial charge in [-0.05, 0) is 29.2 Å². The Kier molecular flexibility index (Phi) is 3.79. The molecule has 3 heteroatoms. The monoisotopic (exact) mass is 235 g/mol. The highest BCUT2D eigenvalue weighted by Crippen LogP contribution is 2.26. The Bertz CT molecular complexity index is 594. The maximum absolute atomic E-state index is 8.72. The van der Waals surface area contributed by atoms with Crippen LogP contribution >= 0.6 is 0 Å². The molecule has 0 radical (unpaired) electrons. The molecule has 0 aliphatic heterocycles. The Morgan fingerprint density at radius 1 is 0.889 bits per heavy atom. The minimum absolute atomic E-state index is 0.671. The Hall–Kier alpha value is -2.51. The van der Waals surface area contributed by atoms with Crippen molar-refractivity contribution in [3.63, 3.8) is 0 Å². The molecule has 0 saturated carbocycles. The summed E-state index contributed by atoms with van der Waals surface area (Å²) in [6, 6.07) is 19.6. The SMILES string of the molecule is C/C(=C(/N=[N+]=[N-])c1ccccc1)c1ccccc1. The zero-order valence-corrected chi connectivity index (χ0v) is 10.1.